The van der Waals surface area contributed by atoms with E-state index in [0.29, 0.717) is 6.61 Å². The minimum atomic E-state index is 0.0702. The normalized spacial score (nSPS) is 13.4. The minimum absolute atomic E-state index is 0.0702. The van der Waals surface area contributed by atoms with E-state index in [2.05, 4.69) is 38.2 Å². The van der Waals surface area contributed by atoms with Crippen molar-refractivity contribution in [2.24, 2.45) is 0 Å². The molecule has 0 fully saturated rings. The Hall–Kier alpha value is -1.06. The molecule has 18 heavy (non-hydrogen) atoms. The number of methoxy groups -OCH3 is 1. The first-order valence-electron chi connectivity index (χ1n) is 6.40. The van der Waals surface area contributed by atoms with Gasteiger partial charge >= 0.3 is 0 Å². The van der Waals surface area contributed by atoms with Gasteiger partial charge in [-0.15, -0.1) is 0 Å². The molecule has 0 aromatic heterocycles. The molecule has 0 saturated heterocycles. The summed E-state index contributed by atoms with van der Waals surface area (Å²) in [6, 6.07) is 8.18. The van der Waals surface area contributed by atoms with Gasteiger partial charge < -0.3 is 14.8 Å². The zero-order valence-electron chi connectivity index (χ0n) is 12.1. The summed E-state index contributed by atoms with van der Waals surface area (Å²) >= 11 is 0. The third-order valence-corrected chi connectivity index (χ3v) is 2.46. The number of hydrogen-bond acceptors (Lipinski definition) is 3. The van der Waals surface area contributed by atoms with Crippen LogP contribution in [-0.4, -0.2) is 25.4 Å². The highest BCUT2D eigenvalue weighted by atomic mass is 16.5. The van der Waals surface area contributed by atoms with Crippen molar-refractivity contribution >= 4 is 0 Å². The second kappa shape index (κ2) is 6.76. The van der Waals surface area contributed by atoms with Crippen LogP contribution in [0.4, 0.5) is 0 Å². The second-order valence-electron chi connectivity index (χ2n) is 5.63. The lowest BCUT2D eigenvalue weighted by molar-refractivity contribution is 0.0920. The number of ether oxygens (including phenoxy) is 2. The van der Waals surface area contributed by atoms with Gasteiger partial charge in [-0.05, 0) is 45.4 Å². The molecule has 0 aliphatic heterocycles. The average Bonchev–Trinajstić information content (AvgIpc) is 2.26. The number of nitrogens with one attached hydrogen (secondary N) is 1. The molecule has 1 N–H and O–H groups in total. The molecule has 0 bridgehead atoms. The molecule has 3 nitrogen and oxygen atoms in total. The molecule has 0 aliphatic carbocycles. The van der Waals surface area contributed by atoms with Gasteiger partial charge in [-0.1, -0.05) is 12.1 Å². The summed E-state index contributed by atoms with van der Waals surface area (Å²) in [5.41, 5.74) is 1.35. The summed E-state index contributed by atoms with van der Waals surface area (Å²) < 4.78 is 10.8. The molecule has 102 valence electrons. The third-order valence-electron chi connectivity index (χ3n) is 2.46. The summed E-state index contributed by atoms with van der Waals surface area (Å²) in [4.78, 5) is 0. The number of benzene rings is 1. The molecule has 1 rings (SSSR count). The van der Waals surface area contributed by atoms with Gasteiger partial charge in [-0.3, -0.25) is 0 Å². The second-order valence-corrected chi connectivity index (χ2v) is 5.63. The smallest absolute Gasteiger partial charge is 0.120 e. The lowest BCUT2D eigenvalue weighted by atomic mass is 10.1. The molecule has 1 atom stereocenters. The van der Waals surface area contributed by atoms with Gasteiger partial charge in [0, 0.05) is 19.2 Å². The zero-order valence-corrected chi connectivity index (χ0v) is 12.1. The minimum Gasteiger partial charge on any atom is -0.488 e. The summed E-state index contributed by atoms with van der Waals surface area (Å²) in [7, 11) is 1.68. The van der Waals surface area contributed by atoms with Gasteiger partial charge in [0.2, 0.25) is 0 Å². The van der Waals surface area contributed by atoms with Crippen LogP contribution in [0.1, 0.15) is 33.3 Å². The molecular formula is C15H25NO2. The van der Waals surface area contributed by atoms with E-state index in [4.69, 9.17) is 9.47 Å². The van der Waals surface area contributed by atoms with Crippen molar-refractivity contribution in [3.05, 3.63) is 29.8 Å². The van der Waals surface area contributed by atoms with Crippen LogP contribution in [0.2, 0.25) is 0 Å². The van der Waals surface area contributed by atoms with E-state index in [1.807, 2.05) is 19.1 Å². The first-order chi connectivity index (χ1) is 8.40. The Labute approximate surface area is 110 Å². The van der Waals surface area contributed by atoms with Gasteiger partial charge in [0.15, 0.2) is 0 Å². The van der Waals surface area contributed by atoms with Crippen LogP contribution in [0.25, 0.3) is 0 Å². The van der Waals surface area contributed by atoms with Gasteiger partial charge in [-0.25, -0.2) is 0 Å². The van der Waals surface area contributed by atoms with Gasteiger partial charge in [-0.2, -0.15) is 0 Å². The van der Waals surface area contributed by atoms with E-state index in [1.54, 1.807) is 7.11 Å². The van der Waals surface area contributed by atoms with Crippen molar-refractivity contribution < 1.29 is 9.47 Å². The molecule has 0 aliphatic rings. The maximum Gasteiger partial charge on any atom is 0.120 e. The molecule has 0 saturated carbocycles. The largest absolute Gasteiger partial charge is 0.488 e. The highest BCUT2D eigenvalue weighted by Gasteiger charge is 2.09. The van der Waals surface area contributed by atoms with Crippen LogP contribution in [0.15, 0.2) is 24.3 Å². The quantitative estimate of drug-likeness (QED) is 0.843. The SMILES string of the molecule is COCC(C)Oc1cccc(CNC(C)(C)C)c1. The molecule has 1 unspecified atom stereocenters. The molecule has 1 aromatic rings. The van der Waals surface area contributed by atoms with Crippen molar-refractivity contribution in [1.29, 1.82) is 0 Å². The Morgan fingerprint density at radius 2 is 2.00 bits per heavy atom. The Morgan fingerprint density at radius 1 is 1.28 bits per heavy atom. The maximum atomic E-state index is 5.77. The van der Waals surface area contributed by atoms with Crippen molar-refractivity contribution in [3.63, 3.8) is 0 Å². The highest BCUT2D eigenvalue weighted by molar-refractivity contribution is 5.28. The van der Waals surface area contributed by atoms with Crippen molar-refractivity contribution in [3.8, 4) is 5.75 Å². The van der Waals surface area contributed by atoms with Gasteiger partial charge in [0.25, 0.3) is 0 Å². The number of rotatable bonds is 6. The summed E-state index contributed by atoms with van der Waals surface area (Å²) in [6.07, 6.45) is 0.0702. The van der Waals surface area contributed by atoms with E-state index in [1.165, 1.54) is 5.56 Å². The van der Waals surface area contributed by atoms with E-state index in [0.717, 1.165) is 12.3 Å². The predicted octanol–water partition coefficient (Wildman–Crippen LogP) is 2.99. The number of hydrogen-bond donors (Lipinski definition) is 1. The standard InChI is InChI=1S/C15H25NO2/c1-12(11-17-5)18-14-8-6-7-13(9-14)10-16-15(2,3)4/h6-9,12,16H,10-11H2,1-5H3. The zero-order chi connectivity index (χ0) is 13.6. The summed E-state index contributed by atoms with van der Waals surface area (Å²) in [6.45, 7) is 9.93. The van der Waals surface area contributed by atoms with Crippen LogP contribution in [-0.2, 0) is 11.3 Å². The Balaban J connectivity index is 2.56. The first-order valence-corrected chi connectivity index (χ1v) is 6.40. The van der Waals surface area contributed by atoms with E-state index in [-0.39, 0.29) is 11.6 Å². The Bertz CT molecular complexity index is 358. The fourth-order valence-electron chi connectivity index (χ4n) is 1.60. The van der Waals surface area contributed by atoms with E-state index >= 15 is 0 Å². The van der Waals surface area contributed by atoms with Crippen LogP contribution in [0, 0.1) is 0 Å². The van der Waals surface area contributed by atoms with Crippen LogP contribution in [0.3, 0.4) is 0 Å². The summed E-state index contributed by atoms with van der Waals surface area (Å²) in [5, 5.41) is 3.46. The van der Waals surface area contributed by atoms with Crippen molar-refractivity contribution in [1.82, 2.24) is 5.32 Å². The molecule has 3 heteroatoms. The first kappa shape index (κ1) is 15.0. The van der Waals surface area contributed by atoms with Crippen LogP contribution < -0.4 is 10.1 Å². The topological polar surface area (TPSA) is 30.5 Å². The molecule has 0 spiro atoms. The lowest BCUT2D eigenvalue weighted by Gasteiger charge is -2.21. The van der Waals surface area contributed by atoms with Crippen molar-refractivity contribution in [2.45, 2.75) is 45.9 Å². The Kier molecular flexibility index (Phi) is 5.63. The maximum absolute atomic E-state index is 5.77. The van der Waals surface area contributed by atoms with Crippen LogP contribution in [0.5, 0.6) is 5.75 Å². The molecule has 0 heterocycles. The Morgan fingerprint density at radius 3 is 2.61 bits per heavy atom. The monoisotopic (exact) mass is 251 g/mol. The molecule has 0 radical (unpaired) electrons. The molecular weight excluding hydrogens is 226 g/mol. The highest BCUT2D eigenvalue weighted by Crippen LogP contribution is 2.15. The molecule has 1 aromatic carbocycles. The predicted molar refractivity (Wildman–Crippen MR) is 75.0 cm³/mol. The van der Waals surface area contributed by atoms with E-state index < -0.39 is 0 Å². The van der Waals surface area contributed by atoms with E-state index in [9.17, 15) is 0 Å². The van der Waals surface area contributed by atoms with Crippen molar-refractivity contribution in [2.75, 3.05) is 13.7 Å². The fraction of sp³-hybridized carbons (Fsp3) is 0.600. The van der Waals surface area contributed by atoms with Gasteiger partial charge in [0.05, 0.1) is 6.61 Å². The third kappa shape index (κ3) is 6.03. The van der Waals surface area contributed by atoms with Crippen LogP contribution >= 0.6 is 0 Å². The fourth-order valence-corrected chi connectivity index (χ4v) is 1.60. The van der Waals surface area contributed by atoms with Gasteiger partial charge in [0.1, 0.15) is 11.9 Å². The average molecular weight is 251 g/mol. The molecule has 0 amide bonds. The summed E-state index contributed by atoms with van der Waals surface area (Å²) in [5.74, 6) is 0.896. The lowest BCUT2D eigenvalue weighted by Crippen LogP contribution is -2.35.